The molecule has 1 aromatic carbocycles. The van der Waals surface area contributed by atoms with Gasteiger partial charge in [-0.3, -0.25) is 14.8 Å². The number of rotatable bonds is 9. The van der Waals surface area contributed by atoms with Gasteiger partial charge in [0.05, 0.1) is 30.0 Å². The molecule has 10 heteroatoms. The van der Waals surface area contributed by atoms with Gasteiger partial charge >= 0.3 is 6.43 Å². The normalized spacial score (nSPS) is 13.1. The molecule has 2 aromatic heterocycles. The molecule has 3 aromatic rings. The van der Waals surface area contributed by atoms with Gasteiger partial charge in [0, 0.05) is 11.8 Å². The number of aliphatic hydroxyl groups is 1. The summed E-state index contributed by atoms with van der Waals surface area (Å²) in [6, 6.07) is 8.83. The van der Waals surface area contributed by atoms with Gasteiger partial charge in [0.15, 0.2) is 0 Å². The molecule has 0 saturated heterocycles. The maximum atomic E-state index is 13.1. The molecule has 2 heterocycles. The zero-order chi connectivity index (χ0) is 21.5. The lowest BCUT2D eigenvalue weighted by Gasteiger charge is -2.22. The molecule has 0 radical (unpaired) electrons. The fourth-order valence-corrected chi connectivity index (χ4v) is 3.25. The van der Waals surface area contributed by atoms with Crippen molar-refractivity contribution in [1.82, 2.24) is 15.3 Å². The highest BCUT2D eigenvalue weighted by molar-refractivity contribution is 7.13. The van der Waals surface area contributed by atoms with E-state index in [1.165, 1.54) is 11.3 Å². The summed E-state index contributed by atoms with van der Waals surface area (Å²) < 4.78 is 37.8. The molecule has 0 aliphatic carbocycles. The SMILES string of the molecule is O=C(N[C@H](CF)[C@@H](O)c1ccc(-c2ccc(CNc3cncs3)nc2)cc1)C(F)F. The number of nitrogens with one attached hydrogen (secondary N) is 2. The van der Waals surface area contributed by atoms with Crippen LogP contribution in [-0.2, 0) is 11.3 Å². The van der Waals surface area contributed by atoms with E-state index in [1.807, 2.05) is 12.1 Å². The first-order valence-electron chi connectivity index (χ1n) is 8.98. The topological polar surface area (TPSA) is 87.1 Å². The number of carbonyl (C=O) groups is 1. The molecule has 158 valence electrons. The molecule has 6 nitrogen and oxygen atoms in total. The maximum Gasteiger partial charge on any atom is 0.315 e. The number of hydrogen-bond donors (Lipinski definition) is 3. The summed E-state index contributed by atoms with van der Waals surface area (Å²) in [6.45, 7) is -0.620. The van der Waals surface area contributed by atoms with Crippen molar-refractivity contribution in [3.63, 3.8) is 0 Å². The van der Waals surface area contributed by atoms with E-state index in [0.717, 1.165) is 21.8 Å². The van der Waals surface area contributed by atoms with Crippen molar-refractivity contribution in [1.29, 1.82) is 0 Å². The summed E-state index contributed by atoms with van der Waals surface area (Å²) >= 11 is 1.50. The first kappa shape index (κ1) is 21.7. The van der Waals surface area contributed by atoms with Crippen molar-refractivity contribution < 1.29 is 23.1 Å². The minimum absolute atomic E-state index is 0.300. The van der Waals surface area contributed by atoms with Crippen molar-refractivity contribution in [3.05, 3.63) is 65.6 Å². The van der Waals surface area contributed by atoms with Crippen LogP contribution in [0.3, 0.4) is 0 Å². The summed E-state index contributed by atoms with van der Waals surface area (Å²) in [5, 5.41) is 16.2. The third kappa shape index (κ3) is 5.55. The molecule has 30 heavy (non-hydrogen) atoms. The summed E-state index contributed by atoms with van der Waals surface area (Å²) in [6.07, 6.45) is -1.28. The minimum atomic E-state index is -3.28. The van der Waals surface area contributed by atoms with Crippen LogP contribution in [0, 0.1) is 0 Å². The zero-order valence-corrected chi connectivity index (χ0v) is 16.5. The number of pyridine rings is 1. The number of alkyl halides is 3. The Bertz CT molecular complexity index is 938. The van der Waals surface area contributed by atoms with E-state index in [2.05, 4.69) is 15.3 Å². The monoisotopic (exact) mass is 436 g/mol. The van der Waals surface area contributed by atoms with E-state index in [1.54, 1.807) is 47.5 Å². The van der Waals surface area contributed by atoms with Crippen LogP contribution in [0.2, 0.25) is 0 Å². The molecule has 0 aliphatic heterocycles. The number of benzene rings is 1. The third-order valence-corrected chi connectivity index (χ3v) is 5.09. The van der Waals surface area contributed by atoms with Gasteiger partial charge in [-0.05, 0) is 17.2 Å². The van der Waals surface area contributed by atoms with Gasteiger partial charge in [-0.25, -0.2) is 4.39 Å². The molecule has 1 amide bonds. The lowest BCUT2D eigenvalue weighted by Crippen LogP contribution is -2.43. The zero-order valence-electron chi connectivity index (χ0n) is 15.6. The van der Waals surface area contributed by atoms with Crippen LogP contribution < -0.4 is 10.6 Å². The average Bonchev–Trinajstić information content (AvgIpc) is 3.29. The second-order valence-electron chi connectivity index (χ2n) is 6.39. The Morgan fingerprint density at radius 3 is 2.40 bits per heavy atom. The molecule has 3 rings (SSSR count). The standard InChI is InChI=1S/C20H19F3N4O2S/c21-7-16(27-20(29)19(22)23)18(28)13-3-1-12(2-4-13)14-5-6-15(25-8-14)9-26-17-10-24-11-30-17/h1-6,8,10-11,16,18-19,26,28H,7,9H2,(H,27,29)/t16-,18+/m1/s1. The van der Waals surface area contributed by atoms with Crippen molar-refractivity contribution in [2.45, 2.75) is 25.1 Å². The number of anilines is 1. The van der Waals surface area contributed by atoms with E-state index in [0.29, 0.717) is 12.1 Å². The number of hydrogen-bond acceptors (Lipinski definition) is 6. The van der Waals surface area contributed by atoms with Gasteiger partial charge in [0.25, 0.3) is 5.91 Å². The number of amides is 1. The number of thiazole rings is 1. The lowest BCUT2D eigenvalue weighted by molar-refractivity contribution is -0.133. The van der Waals surface area contributed by atoms with Gasteiger partial charge in [0.2, 0.25) is 0 Å². The highest BCUT2D eigenvalue weighted by Crippen LogP contribution is 2.24. The van der Waals surface area contributed by atoms with Crippen molar-refractivity contribution in [2.24, 2.45) is 0 Å². The molecule has 2 atom stereocenters. The van der Waals surface area contributed by atoms with E-state index >= 15 is 0 Å². The highest BCUT2D eigenvalue weighted by atomic mass is 32.1. The molecular weight excluding hydrogens is 417 g/mol. The number of aromatic nitrogens is 2. The van der Waals surface area contributed by atoms with Crippen molar-refractivity contribution >= 4 is 22.2 Å². The Morgan fingerprint density at radius 1 is 1.10 bits per heavy atom. The smallest absolute Gasteiger partial charge is 0.315 e. The highest BCUT2D eigenvalue weighted by Gasteiger charge is 2.26. The van der Waals surface area contributed by atoms with Crippen LogP contribution in [0.15, 0.2) is 54.3 Å². The fraction of sp³-hybridized carbons (Fsp3) is 0.250. The molecule has 0 fully saturated rings. The Labute approximate surface area is 174 Å². The number of nitrogens with zero attached hydrogens (tertiary/aromatic N) is 2. The quantitative estimate of drug-likeness (QED) is 0.477. The molecule has 0 aliphatic rings. The number of carbonyl (C=O) groups excluding carboxylic acids is 1. The first-order chi connectivity index (χ1) is 14.5. The Morgan fingerprint density at radius 2 is 1.83 bits per heavy atom. The van der Waals surface area contributed by atoms with Gasteiger partial charge in [-0.1, -0.05) is 30.3 Å². The van der Waals surface area contributed by atoms with Gasteiger partial charge in [0.1, 0.15) is 17.8 Å². The second kappa shape index (κ2) is 10.2. The Balaban J connectivity index is 1.63. The number of aliphatic hydroxyl groups excluding tert-OH is 1. The minimum Gasteiger partial charge on any atom is -0.386 e. The van der Waals surface area contributed by atoms with E-state index in [9.17, 15) is 23.1 Å². The molecule has 3 N–H and O–H groups in total. The van der Waals surface area contributed by atoms with Gasteiger partial charge < -0.3 is 15.7 Å². The third-order valence-electron chi connectivity index (χ3n) is 4.36. The molecule has 0 bridgehead atoms. The summed E-state index contributed by atoms with van der Waals surface area (Å²) in [7, 11) is 0. The van der Waals surface area contributed by atoms with Crippen LogP contribution in [-0.4, -0.2) is 40.1 Å². The summed E-state index contributed by atoms with van der Waals surface area (Å²) in [4.78, 5) is 19.5. The van der Waals surface area contributed by atoms with Crippen LogP contribution in [0.4, 0.5) is 18.2 Å². The van der Waals surface area contributed by atoms with E-state index in [-0.39, 0.29) is 0 Å². The molecule has 0 unspecified atom stereocenters. The number of halogens is 3. The van der Waals surface area contributed by atoms with Gasteiger partial charge in [-0.2, -0.15) is 8.78 Å². The Kier molecular flexibility index (Phi) is 7.36. The van der Waals surface area contributed by atoms with Crippen molar-refractivity contribution in [3.8, 4) is 11.1 Å². The maximum absolute atomic E-state index is 13.1. The average molecular weight is 436 g/mol. The molecular formula is C20H19F3N4O2S. The van der Waals surface area contributed by atoms with Crippen LogP contribution in [0.1, 0.15) is 17.4 Å². The Hall–Kier alpha value is -2.98. The predicted molar refractivity (Wildman–Crippen MR) is 108 cm³/mol. The van der Waals surface area contributed by atoms with E-state index in [4.69, 9.17) is 0 Å². The largest absolute Gasteiger partial charge is 0.386 e. The summed E-state index contributed by atoms with van der Waals surface area (Å²) in [5.41, 5.74) is 4.54. The van der Waals surface area contributed by atoms with Crippen LogP contribution >= 0.6 is 11.3 Å². The summed E-state index contributed by atoms with van der Waals surface area (Å²) in [5.74, 6) is -1.62. The van der Waals surface area contributed by atoms with Crippen molar-refractivity contribution in [2.75, 3.05) is 12.0 Å². The first-order valence-corrected chi connectivity index (χ1v) is 9.86. The predicted octanol–water partition coefficient (Wildman–Crippen LogP) is 3.57. The fourth-order valence-electron chi connectivity index (χ4n) is 2.73. The van der Waals surface area contributed by atoms with Gasteiger partial charge in [-0.15, -0.1) is 11.3 Å². The van der Waals surface area contributed by atoms with Crippen LogP contribution in [0.25, 0.3) is 11.1 Å². The molecule has 0 saturated carbocycles. The molecule has 0 spiro atoms. The lowest BCUT2D eigenvalue weighted by atomic mass is 9.99. The van der Waals surface area contributed by atoms with Crippen LogP contribution in [0.5, 0.6) is 0 Å². The van der Waals surface area contributed by atoms with E-state index < -0.39 is 31.2 Å². The second-order valence-corrected chi connectivity index (χ2v) is 7.28.